The number of halogens is 1. The van der Waals surface area contributed by atoms with Gasteiger partial charge in [-0.25, -0.2) is 0 Å². The molecule has 136 valence electrons. The number of hydrogen-bond acceptors (Lipinski definition) is 5. The summed E-state index contributed by atoms with van der Waals surface area (Å²) in [7, 11) is -3.82. The molecule has 3 heterocycles. The molecule has 6 nitrogen and oxygen atoms in total. The van der Waals surface area contributed by atoms with Gasteiger partial charge in [-0.2, -0.15) is 12.7 Å². The summed E-state index contributed by atoms with van der Waals surface area (Å²) >= 11 is 3.49. The molecule has 3 aliphatic rings. The Morgan fingerprint density at radius 2 is 2.20 bits per heavy atom. The van der Waals surface area contributed by atoms with Crippen molar-refractivity contribution in [3.63, 3.8) is 0 Å². The van der Waals surface area contributed by atoms with E-state index in [9.17, 15) is 8.42 Å². The van der Waals surface area contributed by atoms with E-state index in [1.54, 1.807) is 6.08 Å². The SMILES string of the molecule is C=CCN1C2(COS1(=O)=O)CC1(CCCOC1)Oc1ccc(Br)cc12. The Kier molecular flexibility index (Phi) is 4.24. The topological polar surface area (TPSA) is 65.1 Å². The average molecular weight is 430 g/mol. The van der Waals surface area contributed by atoms with Crippen molar-refractivity contribution in [2.24, 2.45) is 0 Å². The fourth-order valence-corrected chi connectivity index (χ4v) is 5.92. The molecule has 3 aliphatic heterocycles. The van der Waals surface area contributed by atoms with Gasteiger partial charge in [-0.15, -0.1) is 6.58 Å². The van der Waals surface area contributed by atoms with E-state index in [1.807, 2.05) is 18.2 Å². The maximum atomic E-state index is 12.6. The minimum absolute atomic E-state index is 0.0672. The molecule has 2 saturated heterocycles. The summed E-state index contributed by atoms with van der Waals surface area (Å²) in [5.74, 6) is 0.690. The molecule has 0 aliphatic carbocycles. The van der Waals surface area contributed by atoms with Gasteiger partial charge in [-0.1, -0.05) is 22.0 Å². The summed E-state index contributed by atoms with van der Waals surface area (Å²) in [5.41, 5.74) is -0.534. The second-order valence-electron chi connectivity index (χ2n) is 6.83. The number of benzene rings is 1. The lowest BCUT2D eigenvalue weighted by Crippen LogP contribution is -2.58. The van der Waals surface area contributed by atoms with E-state index >= 15 is 0 Å². The quantitative estimate of drug-likeness (QED) is 0.676. The number of fused-ring (bicyclic) bond motifs is 2. The molecular formula is C17H20BrNO5S. The second-order valence-corrected chi connectivity index (χ2v) is 9.28. The molecule has 2 unspecified atom stereocenters. The Hall–Kier alpha value is -0.930. The molecule has 0 radical (unpaired) electrons. The van der Waals surface area contributed by atoms with E-state index in [0.717, 1.165) is 22.9 Å². The third-order valence-corrected chi connectivity index (χ3v) is 7.11. The Balaban J connectivity index is 1.90. The summed E-state index contributed by atoms with van der Waals surface area (Å²) < 4.78 is 44.7. The van der Waals surface area contributed by atoms with Crippen LogP contribution in [0.2, 0.25) is 0 Å². The summed E-state index contributed by atoms with van der Waals surface area (Å²) in [6.07, 6.45) is 3.80. The van der Waals surface area contributed by atoms with E-state index in [4.69, 9.17) is 13.7 Å². The smallest absolute Gasteiger partial charge is 0.339 e. The van der Waals surface area contributed by atoms with E-state index in [-0.39, 0.29) is 13.2 Å². The molecule has 0 saturated carbocycles. The Labute approximate surface area is 156 Å². The largest absolute Gasteiger partial charge is 0.484 e. The van der Waals surface area contributed by atoms with Gasteiger partial charge in [0.2, 0.25) is 0 Å². The lowest BCUT2D eigenvalue weighted by molar-refractivity contribution is -0.107. The zero-order chi connectivity index (χ0) is 17.7. The van der Waals surface area contributed by atoms with Crippen LogP contribution in [0.15, 0.2) is 35.3 Å². The van der Waals surface area contributed by atoms with Crippen molar-refractivity contribution in [2.75, 3.05) is 26.4 Å². The first-order valence-corrected chi connectivity index (χ1v) is 10.4. The molecule has 2 fully saturated rings. The number of ether oxygens (including phenoxy) is 2. The average Bonchev–Trinajstić information content (AvgIpc) is 2.82. The van der Waals surface area contributed by atoms with Gasteiger partial charge in [0.15, 0.2) is 0 Å². The van der Waals surface area contributed by atoms with Crippen molar-refractivity contribution in [1.82, 2.24) is 4.31 Å². The molecule has 0 N–H and O–H groups in total. The van der Waals surface area contributed by atoms with E-state index in [1.165, 1.54) is 4.31 Å². The third kappa shape index (κ3) is 2.75. The summed E-state index contributed by atoms with van der Waals surface area (Å²) in [6, 6.07) is 5.71. The first kappa shape index (κ1) is 17.5. The molecule has 0 bridgehead atoms. The number of hydrogen-bond donors (Lipinski definition) is 0. The van der Waals surface area contributed by atoms with Gasteiger partial charge in [-0.3, -0.25) is 4.18 Å². The highest BCUT2D eigenvalue weighted by atomic mass is 79.9. The predicted molar refractivity (Wildman–Crippen MR) is 95.6 cm³/mol. The van der Waals surface area contributed by atoms with Crippen LogP contribution in [0.25, 0.3) is 0 Å². The van der Waals surface area contributed by atoms with E-state index in [0.29, 0.717) is 25.4 Å². The van der Waals surface area contributed by atoms with Crippen molar-refractivity contribution in [2.45, 2.75) is 30.4 Å². The second kappa shape index (κ2) is 6.06. The zero-order valence-corrected chi connectivity index (χ0v) is 16.1. The first-order chi connectivity index (χ1) is 11.9. The molecule has 0 aromatic heterocycles. The van der Waals surface area contributed by atoms with Crippen LogP contribution in [0.1, 0.15) is 24.8 Å². The van der Waals surface area contributed by atoms with Gasteiger partial charge in [0.25, 0.3) is 0 Å². The zero-order valence-electron chi connectivity index (χ0n) is 13.7. The molecule has 2 spiro atoms. The lowest BCUT2D eigenvalue weighted by atomic mass is 9.74. The Morgan fingerprint density at radius 1 is 1.36 bits per heavy atom. The Bertz CT molecular complexity index is 805. The molecule has 1 aromatic rings. The van der Waals surface area contributed by atoms with E-state index in [2.05, 4.69) is 22.5 Å². The maximum Gasteiger partial charge on any atom is 0.339 e. The van der Waals surface area contributed by atoms with Crippen molar-refractivity contribution >= 4 is 26.2 Å². The molecule has 0 amide bonds. The van der Waals surface area contributed by atoms with Gasteiger partial charge in [0.05, 0.1) is 18.8 Å². The lowest BCUT2D eigenvalue weighted by Gasteiger charge is -2.49. The van der Waals surface area contributed by atoms with Gasteiger partial charge in [0, 0.05) is 29.6 Å². The summed E-state index contributed by atoms with van der Waals surface area (Å²) in [4.78, 5) is 0. The fraction of sp³-hybridized carbons (Fsp3) is 0.529. The van der Waals surface area contributed by atoms with Crippen molar-refractivity contribution < 1.29 is 22.1 Å². The molecule has 8 heteroatoms. The van der Waals surface area contributed by atoms with Crippen LogP contribution in [-0.4, -0.2) is 44.7 Å². The van der Waals surface area contributed by atoms with Crippen LogP contribution in [0, 0.1) is 0 Å². The van der Waals surface area contributed by atoms with Crippen LogP contribution in [0.3, 0.4) is 0 Å². The highest BCUT2D eigenvalue weighted by molar-refractivity contribution is 9.10. The van der Waals surface area contributed by atoms with Gasteiger partial charge < -0.3 is 9.47 Å². The van der Waals surface area contributed by atoms with Crippen molar-refractivity contribution in [1.29, 1.82) is 0 Å². The minimum Gasteiger partial charge on any atom is -0.484 e. The fourth-order valence-electron chi connectivity index (χ4n) is 4.16. The van der Waals surface area contributed by atoms with Gasteiger partial charge in [0.1, 0.15) is 11.4 Å². The van der Waals surface area contributed by atoms with Crippen LogP contribution in [-0.2, 0) is 24.8 Å². The van der Waals surface area contributed by atoms with Crippen molar-refractivity contribution in [3.8, 4) is 5.75 Å². The van der Waals surface area contributed by atoms with Crippen LogP contribution in [0.5, 0.6) is 5.75 Å². The van der Waals surface area contributed by atoms with Gasteiger partial charge in [-0.05, 0) is 31.0 Å². The number of rotatable bonds is 2. The standard InChI is InChI=1S/C17H20BrNO5S/c1-2-7-19-17(12-23-25(19,20)21)10-16(6-3-8-22-11-16)24-15-5-4-13(18)9-14(15)17/h2,4-5,9H,1,3,6-8,10-12H2. The monoisotopic (exact) mass is 429 g/mol. The van der Waals surface area contributed by atoms with Crippen LogP contribution in [0.4, 0.5) is 0 Å². The maximum absolute atomic E-state index is 12.6. The van der Waals surface area contributed by atoms with Crippen molar-refractivity contribution in [3.05, 3.63) is 40.9 Å². The molecule has 2 atom stereocenters. The first-order valence-electron chi connectivity index (χ1n) is 8.26. The molecule has 1 aromatic carbocycles. The molecule has 4 rings (SSSR count). The van der Waals surface area contributed by atoms with Crippen LogP contribution < -0.4 is 4.74 Å². The van der Waals surface area contributed by atoms with Crippen LogP contribution >= 0.6 is 15.9 Å². The summed E-state index contributed by atoms with van der Waals surface area (Å²) in [6.45, 7) is 5.13. The summed E-state index contributed by atoms with van der Waals surface area (Å²) in [5, 5.41) is 0. The predicted octanol–water partition coefficient (Wildman–Crippen LogP) is 2.74. The van der Waals surface area contributed by atoms with E-state index < -0.39 is 21.4 Å². The highest BCUT2D eigenvalue weighted by Crippen LogP contribution is 2.53. The third-order valence-electron chi connectivity index (χ3n) is 5.16. The molecular weight excluding hydrogens is 410 g/mol. The number of nitrogens with zero attached hydrogens (tertiary/aromatic N) is 1. The van der Waals surface area contributed by atoms with Gasteiger partial charge >= 0.3 is 10.3 Å². The normalized spacial score (nSPS) is 34.0. The highest BCUT2D eigenvalue weighted by Gasteiger charge is 2.60. The molecule has 25 heavy (non-hydrogen) atoms. The Morgan fingerprint density at radius 3 is 2.92 bits per heavy atom. The minimum atomic E-state index is -3.82.